The second-order valence-corrected chi connectivity index (χ2v) is 18.3. The number of carbonyl (C=O) groups excluding carboxylic acids is 2. The number of allylic oxidation sites excluding steroid dienone is 1. The molecule has 6 rings (SSSR count). The Morgan fingerprint density at radius 3 is 2.09 bits per heavy atom. The first-order valence-corrected chi connectivity index (χ1v) is 17.5. The Kier molecular flexibility index (Phi) is 7.05. The number of carbonyl (C=O) groups is 3. The van der Waals surface area contributed by atoms with E-state index in [0.717, 1.165) is 44.9 Å². The summed E-state index contributed by atoms with van der Waals surface area (Å²) in [5.41, 5.74) is 1.03. The Morgan fingerprint density at radius 2 is 1.49 bits per heavy atom. The van der Waals surface area contributed by atoms with Crippen LogP contribution < -0.4 is 0 Å². The van der Waals surface area contributed by atoms with Crippen LogP contribution in [0.4, 0.5) is 0 Å². The van der Waals surface area contributed by atoms with Crippen LogP contribution in [0, 0.1) is 73.9 Å². The summed E-state index contributed by atoms with van der Waals surface area (Å²) in [5, 5.41) is 9.57. The van der Waals surface area contributed by atoms with Gasteiger partial charge in [0.15, 0.2) is 0 Å². The monoisotopic (exact) mass is 594 g/mol. The van der Waals surface area contributed by atoms with E-state index in [-0.39, 0.29) is 45.1 Å². The summed E-state index contributed by atoms with van der Waals surface area (Å²) in [6.07, 6.45) is 12.7. The van der Waals surface area contributed by atoms with Crippen LogP contribution >= 0.6 is 0 Å². The highest BCUT2D eigenvalue weighted by atomic mass is 16.5. The minimum atomic E-state index is -0.811. The lowest BCUT2D eigenvalue weighted by Crippen LogP contribution is -2.67. The molecule has 1 unspecified atom stereocenters. The van der Waals surface area contributed by atoms with E-state index in [1.165, 1.54) is 31.1 Å². The zero-order valence-corrected chi connectivity index (χ0v) is 28.3. The summed E-state index contributed by atoms with van der Waals surface area (Å²) in [7, 11) is 0. The van der Waals surface area contributed by atoms with Crippen LogP contribution in [-0.2, 0) is 19.1 Å². The van der Waals surface area contributed by atoms with Gasteiger partial charge in [-0.1, -0.05) is 60.6 Å². The number of esters is 1. The summed E-state index contributed by atoms with van der Waals surface area (Å²) in [4.78, 5) is 37.9. The molecule has 0 aliphatic heterocycles. The van der Waals surface area contributed by atoms with Crippen LogP contribution in [-0.4, -0.2) is 29.4 Å². The van der Waals surface area contributed by atoms with Crippen molar-refractivity contribution in [3.8, 4) is 0 Å². The van der Waals surface area contributed by atoms with E-state index in [4.69, 9.17) is 4.74 Å². The molecule has 12 atom stereocenters. The topological polar surface area (TPSA) is 80.7 Å². The number of hydrogen-bond acceptors (Lipinski definition) is 4. The van der Waals surface area contributed by atoms with Gasteiger partial charge in [0.25, 0.3) is 0 Å². The van der Waals surface area contributed by atoms with Gasteiger partial charge in [0, 0.05) is 10.8 Å². The molecule has 0 aromatic carbocycles. The Balaban J connectivity index is 1.24. The van der Waals surface area contributed by atoms with E-state index < -0.39 is 17.3 Å². The predicted octanol–water partition coefficient (Wildman–Crippen LogP) is 8.50. The van der Waals surface area contributed by atoms with E-state index in [2.05, 4.69) is 48.1 Å². The zero-order chi connectivity index (χ0) is 31.5. The van der Waals surface area contributed by atoms with E-state index >= 15 is 0 Å². The fourth-order valence-electron chi connectivity index (χ4n) is 13.6. The predicted molar refractivity (Wildman–Crippen MR) is 168 cm³/mol. The first kappa shape index (κ1) is 31.3. The van der Waals surface area contributed by atoms with E-state index in [1.807, 2.05) is 13.8 Å². The Labute approximate surface area is 260 Å². The summed E-state index contributed by atoms with van der Waals surface area (Å²) in [5.74, 6) is 0.742. The van der Waals surface area contributed by atoms with Gasteiger partial charge in [-0.3, -0.25) is 9.59 Å². The summed E-state index contributed by atoms with van der Waals surface area (Å²) < 4.78 is 6.37. The molecular weight excluding hydrogens is 536 g/mol. The Hall–Kier alpha value is -1.65. The molecule has 0 radical (unpaired) electrons. The van der Waals surface area contributed by atoms with Crippen LogP contribution in [0.3, 0.4) is 0 Å². The van der Waals surface area contributed by atoms with Crippen LogP contribution in [0.15, 0.2) is 12.2 Å². The molecule has 1 N–H and O–H groups in total. The van der Waals surface area contributed by atoms with Crippen molar-refractivity contribution in [3.63, 3.8) is 0 Å². The van der Waals surface area contributed by atoms with Gasteiger partial charge in [0.05, 0.1) is 11.8 Å². The highest BCUT2D eigenvalue weighted by Crippen LogP contribution is 2.77. The molecule has 0 aromatic rings. The molecule has 0 amide bonds. The minimum absolute atomic E-state index is 0.133. The van der Waals surface area contributed by atoms with Gasteiger partial charge in [0.1, 0.15) is 12.4 Å². The van der Waals surface area contributed by atoms with Crippen molar-refractivity contribution in [1.29, 1.82) is 0 Å². The Morgan fingerprint density at radius 1 is 0.791 bits per heavy atom. The second kappa shape index (κ2) is 9.68. The molecule has 5 nitrogen and oxygen atoms in total. The smallest absolute Gasteiger partial charge is 0.309 e. The van der Waals surface area contributed by atoms with Gasteiger partial charge < -0.3 is 14.6 Å². The molecule has 0 heterocycles. The number of aldehydes is 1. The average Bonchev–Trinajstić information content (AvgIpc) is 3.30. The van der Waals surface area contributed by atoms with Crippen molar-refractivity contribution in [3.05, 3.63) is 12.2 Å². The highest BCUT2D eigenvalue weighted by molar-refractivity contribution is 5.81. The number of hydrogen-bond donors (Lipinski definition) is 1. The molecule has 0 spiro atoms. The molecule has 6 fully saturated rings. The SMILES string of the molecule is C=C(C)[C@@H]1CC[C@]2(C=O)CC[C@]3(C)C(CC[C@@H]4[C@@]5(C)CC[C@H](OC(=O)[C@H]6C[C@@H](C(=O)O)C6(C)C)C(C)(C)[C@@H]5CC[C@]43C)[C@@H]12. The summed E-state index contributed by atoms with van der Waals surface area (Å²) in [6, 6.07) is 0. The van der Waals surface area contributed by atoms with E-state index in [1.54, 1.807) is 0 Å². The third-order valence-corrected chi connectivity index (χ3v) is 16.4. The number of carboxylic acid groups (broad SMARTS) is 1. The maximum absolute atomic E-state index is 13.5. The van der Waals surface area contributed by atoms with Gasteiger partial charge in [-0.2, -0.15) is 0 Å². The molecule has 0 bridgehead atoms. The molecule has 0 aromatic heterocycles. The number of ether oxygens (including phenoxy) is 1. The summed E-state index contributed by atoms with van der Waals surface area (Å²) in [6.45, 7) is 22.9. The molecule has 6 saturated carbocycles. The van der Waals surface area contributed by atoms with Crippen LogP contribution in [0.5, 0.6) is 0 Å². The number of rotatable bonds is 5. The van der Waals surface area contributed by atoms with Gasteiger partial charge in [0.2, 0.25) is 0 Å². The quantitative estimate of drug-likeness (QED) is 0.196. The molecule has 6 aliphatic rings. The lowest BCUT2D eigenvalue weighted by atomic mass is 9.32. The normalized spacial score (nSPS) is 51.0. The lowest BCUT2D eigenvalue weighted by Gasteiger charge is -2.72. The van der Waals surface area contributed by atoms with Gasteiger partial charge in [-0.15, -0.1) is 0 Å². The largest absolute Gasteiger partial charge is 0.481 e. The molecule has 43 heavy (non-hydrogen) atoms. The average molecular weight is 595 g/mol. The number of aliphatic carboxylic acids is 1. The van der Waals surface area contributed by atoms with Gasteiger partial charge >= 0.3 is 11.9 Å². The fourth-order valence-corrected chi connectivity index (χ4v) is 13.6. The summed E-state index contributed by atoms with van der Waals surface area (Å²) >= 11 is 0. The van der Waals surface area contributed by atoms with E-state index in [0.29, 0.717) is 36.0 Å². The van der Waals surface area contributed by atoms with Crippen molar-refractivity contribution in [2.75, 3.05) is 0 Å². The van der Waals surface area contributed by atoms with Crippen LogP contribution in [0.2, 0.25) is 0 Å². The third-order valence-electron chi connectivity index (χ3n) is 16.4. The zero-order valence-electron chi connectivity index (χ0n) is 28.3. The molecule has 0 saturated heterocycles. The van der Waals surface area contributed by atoms with Gasteiger partial charge in [-0.05, 0) is 129 Å². The third kappa shape index (κ3) is 3.96. The molecule has 240 valence electrons. The molecule has 5 heteroatoms. The first-order chi connectivity index (χ1) is 19.9. The number of fused-ring (bicyclic) bond motifs is 7. The maximum atomic E-state index is 13.5. The standard InChI is InChI=1S/C38H58O5/c1-22(2)23-12-17-38(21-39)19-18-36(8)24(30(23)38)10-11-28-35(7)15-14-29(34(5,6)27(35)13-16-37(28,36)9)43-32(42)26-20-25(31(40)41)33(26,3)4/h21,23-30H,1,10-20H2,2-9H3,(H,40,41)/t23-,24?,25-,26+,27-,28+,29-,30+,35-,36+,37+,38+/m0/s1. The fraction of sp³-hybridized carbons (Fsp3) is 0.868. The minimum Gasteiger partial charge on any atom is -0.481 e. The lowest BCUT2D eigenvalue weighted by molar-refractivity contribution is -0.250. The second-order valence-electron chi connectivity index (χ2n) is 18.3. The van der Waals surface area contributed by atoms with E-state index in [9.17, 15) is 19.5 Å². The van der Waals surface area contributed by atoms with Crippen molar-refractivity contribution in [2.24, 2.45) is 73.9 Å². The maximum Gasteiger partial charge on any atom is 0.309 e. The Bertz CT molecular complexity index is 1220. The number of carboxylic acids is 1. The first-order valence-electron chi connectivity index (χ1n) is 17.5. The van der Waals surface area contributed by atoms with Crippen molar-refractivity contribution in [2.45, 2.75) is 132 Å². The van der Waals surface area contributed by atoms with Crippen molar-refractivity contribution in [1.82, 2.24) is 0 Å². The van der Waals surface area contributed by atoms with Crippen molar-refractivity contribution < 1.29 is 24.2 Å². The van der Waals surface area contributed by atoms with Crippen molar-refractivity contribution >= 4 is 18.2 Å². The van der Waals surface area contributed by atoms with Crippen LogP contribution in [0.1, 0.15) is 126 Å². The molecule has 6 aliphatic carbocycles. The molecular formula is C38H58O5. The van der Waals surface area contributed by atoms with Gasteiger partial charge in [-0.25, -0.2) is 0 Å². The highest BCUT2D eigenvalue weighted by Gasteiger charge is 2.71. The van der Waals surface area contributed by atoms with Crippen LogP contribution in [0.25, 0.3) is 0 Å².